The van der Waals surface area contributed by atoms with Crippen molar-refractivity contribution in [2.45, 2.75) is 45.3 Å². The summed E-state index contributed by atoms with van der Waals surface area (Å²) in [5.41, 5.74) is -0.761. The predicted octanol–water partition coefficient (Wildman–Crippen LogP) is 3.05. The predicted molar refractivity (Wildman–Crippen MR) is 102 cm³/mol. The molecule has 1 fully saturated rings. The quantitative estimate of drug-likeness (QED) is 0.648. The molecule has 0 aliphatic heterocycles. The maximum atomic E-state index is 13.0. The molecule has 3 rings (SSSR count). The van der Waals surface area contributed by atoms with E-state index in [0.29, 0.717) is 23.8 Å². The summed E-state index contributed by atoms with van der Waals surface area (Å²) in [6, 6.07) is 0. The molecule has 1 aliphatic rings. The number of alkyl halides is 3. The van der Waals surface area contributed by atoms with Crippen molar-refractivity contribution in [3.05, 3.63) is 23.7 Å². The van der Waals surface area contributed by atoms with Gasteiger partial charge in [0.2, 0.25) is 11.9 Å². The molecule has 0 radical (unpaired) electrons. The molecule has 158 valence electrons. The third-order valence-electron chi connectivity index (χ3n) is 4.92. The molecule has 8 nitrogen and oxygen atoms in total. The molecule has 0 unspecified atom stereocenters. The zero-order chi connectivity index (χ0) is 21.4. The van der Waals surface area contributed by atoms with Crippen LogP contribution < -0.4 is 16.0 Å². The van der Waals surface area contributed by atoms with E-state index in [2.05, 4.69) is 31.0 Å². The van der Waals surface area contributed by atoms with E-state index >= 15 is 0 Å². The molecule has 0 aromatic carbocycles. The molecule has 29 heavy (non-hydrogen) atoms. The van der Waals surface area contributed by atoms with Crippen molar-refractivity contribution in [1.82, 2.24) is 25.1 Å². The lowest BCUT2D eigenvalue weighted by Gasteiger charge is -2.26. The second kappa shape index (κ2) is 7.53. The number of nitrogens with one attached hydrogen (secondary N) is 3. The first-order valence-electron chi connectivity index (χ1n) is 9.26. The maximum Gasteiger partial charge on any atom is 0.421 e. The highest BCUT2D eigenvalue weighted by Crippen LogP contribution is 2.34. The first kappa shape index (κ1) is 20.9. The van der Waals surface area contributed by atoms with Gasteiger partial charge in [0.1, 0.15) is 16.9 Å². The van der Waals surface area contributed by atoms with Crippen LogP contribution in [0.3, 0.4) is 0 Å². The number of nitrogens with zero attached hydrogens (tertiary/aromatic N) is 4. The fourth-order valence-corrected chi connectivity index (χ4v) is 2.93. The Hall–Kier alpha value is -2.85. The van der Waals surface area contributed by atoms with Crippen LogP contribution in [-0.4, -0.2) is 39.2 Å². The largest absolute Gasteiger partial charge is 0.421 e. The minimum atomic E-state index is -4.56. The molecule has 0 spiro atoms. The highest BCUT2D eigenvalue weighted by atomic mass is 19.4. The van der Waals surface area contributed by atoms with E-state index in [1.807, 2.05) is 0 Å². The number of anilines is 3. The maximum absolute atomic E-state index is 13.0. The van der Waals surface area contributed by atoms with Gasteiger partial charge in [-0.2, -0.15) is 23.3 Å². The normalized spacial score (nSPS) is 14.6. The number of halogens is 3. The van der Waals surface area contributed by atoms with Crippen LogP contribution >= 0.6 is 0 Å². The third kappa shape index (κ3) is 4.43. The summed E-state index contributed by atoms with van der Waals surface area (Å²) in [6.07, 6.45) is -0.0777. The Morgan fingerprint density at radius 3 is 2.55 bits per heavy atom. The second-order valence-electron chi connectivity index (χ2n) is 7.60. The Morgan fingerprint density at radius 1 is 1.28 bits per heavy atom. The Kier molecular flexibility index (Phi) is 5.42. The van der Waals surface area contributed by atoms with Crippen LogP contribution in [0.25, 0.3) is 0 Å². The molecule has 1 aliphatic carbocycles. The average molecular weight is 411 g/mol. The highest BCUT2D eigenvalue weighted by molar-refractivity contribution is 5.83. The van der Waals surface area contributed by atoms with Crippen LogP contribution in [-0.2, 0) is 16.5 Å². The van der Waals surface area contributed by atoms with Crippen molar-refractivity contribution in [3.63, 3.8) is 0 Å². The van der Waals surface area contributed by atoms with Crippen molar-refractivity contribution in [2.24, 2.45) is 5.92 Å². The highest BCUT2D eigenvalue weighted by Gasteiger charge is 2.36. The number of carbonyl (C=O) groups is 1. The summed E-state index contributed by atoms with van der Waals surface area (Å²) < 4.78 is 40.5. The van der Waals surface area contributed by atoms with Gasteiger partial charge in [-0.05, 0) is 39.5 Å². The lowest BCUT2D eigenvalue weighted by Crippen LogP contribution is -2.46. The molecular weight excluding hydrogens is 387 g/mol. The van der Waals surface area contributed by atoms with E-state index < -0.39 is 17.3 Å². The number of amides is 1. The number of hydrogen-bond acceptors (Lipinski definition) is 6. The van der Waals surface area contributed by atoms with Crippen molar-refractivity contribution in [2.75, 3.05) is 24.2 Å². The van der Waals surface area contributed by atoms with Gasteiger partial charge in [0.05, 0.1) is 17.6 Å². The number of rotatable bonds is 7. The van der Waals surface area contributed by atoms with Crippen LogP contribution in [0.1, 0.15) is 37.9 Å². The Labute approximate surface area is 166 Å². The van der Waals surface area contributed by atoms with E-state index in [4.69, 9.17) is 0 Å². The van der Waals surface area contributed by atoms with E-state index in [9.17, 15) is 18.0 Å². The van der Waals surface area contributed by atoms with Crippen molar-refractivity contribution in [3.8, 4) is 0 Å². The first-order chi connectivity index (χ1) is 13.5. The lowest BCUT2D eigenvalue weighted by atomic mass is 10.0. The van der Waals surface area contributed by atoms with Crippen LogP contribution in [0.5, 0.6) is 0 Å². The van der Waals surface area contributed by atoms with Gasteiger partial charge < -0.3 is 16.0 Å². The van der Waals surface area contributed by atoms with Gasteiger partial charge in [-0.15, -0.1) is 0 Å². The summed E-state index contributed by atoms with van der Waals surface area (Å²) in [6.45, 7) is 5.92. The monoisotopic (exact) mass is 411 g/mol. The van der Waals surface area contributed by atoms with Gasteiger partial charge in [-0.25, -0.2) is 4.98 Å². The van der Waals surface area contributed by atoms with Crippen LogP contribution in [0, 0.1) is 12.8 Å². The van der Waals surface area contributed by atoms with Gasteiger partial charge in [-0.3, -0.25) is 9.48 Å². The van der Waals surface area contributed by atoms with E-state index in [1.165, 1.54) is 13.2 Å². The smallest absolute Gasteiger partial charge is 0.372 e. The molecule has 3 N–H and O–H groups in total. The first-order valence-corrected chi connectivity index (χ1v) is 9.26. The van der Waals surface area contributed by atoms with Gasteiger partial charge in [0.25, 0.3) is 0 Å². The van der Waals surface area contributed by atoms with Gasteiger partial charge in [0.15, 0.2) is 0 Å². The van der Waals surface area contributed by atoms with Crippen molar-refractivity contribution >= 4 is 23.4 Å². The summed E-state index contributed by atoms with van der Waals surface area (Å²) in [4.78, 5) is 20.2. The van der Waals surface area contributed by atoms with E-state index in [-0.39, 0.29) is 17.7 Å². The fourth-order valence-electron chi connectivity index (χ4n) is 2.93. The Morgan fingerprint density at radius 2 is 1.97 bits per heavy atom. The average Bonchev–Trinajstić information content (AvgIpc) is 3.41. The third-order valence-corrected chi connectivity index (χ3v) is 4.92. The fraction of sp³-hybridized carbons (Fsp3) is 0.556. The number of aromatic nitrogens is 4. The summed E-state index contributed by atoms with van der Waals surface area (Å²) in [7, 11) is 1.35. The van der Waals surface area contributed by atoms with Crippen LogP contribution in [0.15, 0.2) is 12.4 Å². The number of hydrogen-bond donors (Lipinski definition) is 3. The second-order valence-corrected chi connectivity index (χ2v) is 7.60. The summed E-state index contributed by atoms with van der Waals surface area (Å²) in [5, 5.41) is 12.5. The standard InChI is InChI=1S/C18H24F3N7O/c1-10-13(26-16-24-8-12(18(19,20)21)14(22-4)27-16)9-25-28(10)17(2,3)15(29)23-7-11-5-6-11/h8-9,11H,5-7H2,1-4H3,(H,23,29)(H2,22,24,26,27). The molecule has 0 bridgehead atoms. The molecule has 11 heteroatoms. The molecule has 0 atom stereocenters. The number of carbonyl (C=O) groups excluding carboxylic acids is 1. The molecule has 2 aromatic rings. The van der Waals surface area contributed by atoms with Crippen LogP contribution in [0.2, 0.25) is 0 Å². The molecule has 2 aromatic heterocycles. The summed E-state index contributed by atoms with van der Waals surface area (Å²) in [5.74, 6) is 0.0649. The zero-order valence-corrected chi connectivity index (χ0v) is 16.7. The molecule has 1 amide bonds. The molecule has 1 saturated carbocycles. The van der Waals surface area contributed by atoms with Gasteiger partial charge >= 0.3 is 6.18 Å². The van der Waals surface area contributed by atoms with E-state index in [0.717, 1.165) is 19.0 Å². The zero-order valence-electron chi connectivity index (χ0n) is 16.7. The van der Waals surface area contributed by atoms with Crippen LogP contribution in [0.4, 0.5) is 30.6 Å². The summed E-state index contributed by atoms with van der Waals surface area (Å²) >= 11 is 0. The molecular formula is C18H24F3N7O. The van der Waals surface area contributed by atoms with Crippen molar-refractivity contribution < 1.29 is 18.0 Å². The lowest BCUT2D eigenvalue weighted by molar-refractivity contribution is -0.137. The van der Waals surface area contributed by atoms with Crippen molar-refractivity contribution in [1.29, 1.82) is 0 Å². The topological polar surface area (TPSA) is 96.8 Å². The Bertz CT molecular complexity index is 903. The van der Waals surface area contributed by atoms with Gasteiger partial charge in [-0.1, -0.05) is 0 Å². The SMILES string of the molecule is CNc1nc(Nc2cnn(C(C)(C)C(=O)NCC3CC3)c2C)ncc1C(F)(F)F. The minimum Gasteiger partial charge on any atom is -0.372 e. The Balaban J connectivity index is 1.79. The minimum absolute atomic E-state index is 0.0130. The molecule has 2 heterocycles. The van der Waals surface area contributed by atoms with Gasteiger partial charge in [0, 0.05) is 19.8 Å². The molecule has 0 saturated heterocycles. The van der Waals surface area contributed by atoms with E-state index in [1.54, 1.807) is 25.5 Å².